The van der Waals surface area contributed by atoms with Crippen molar-refractivity contribution in [2.24, 2.45) is 5.92 Å². The Balaban J connectivity index is 1.39. The minimum absolute atomic E-state index is 0.719. The van der Waals surface area contributed by atoms with Gasteiger partial charge in [0.25, 0.3) is 0 Å². The largest absolute Gasteiger partial charge is 0.339 e. The summed E-state index contributed by atoms with van der Waals surface area (Å²) < 4.78 is 7.43. The SMILES string of the molecule is Cc1noc(CCCN(C)CC2CCc3nccn3C2)n1. The molecule has 1 unspecified atom stereocenters. The van der Waals surface area contributed by atoms with Gasteiger partial charge in [0.2, 0.25) is 5.89 Å². The van der Waals surface area contributed by atoms with E-state index in [0.29, 0.717) is 0 Å². The Hall–Kier alpha value is -1.69. The molecule has 1 aliphatic heterocycles. The smallest absolute Gasteiger partial charge is 0.226 e. The van der Waals surface area contributed by atoms with Crippen molar-refractivity contribution in [3.63, 3.8) is 0 Å². The van der Waals surface area contributed by atoms with Gasteiger partial charge in [-0.2, -0.15) is 4.98 Å². The topological polar surface area (TPSA) is 60.0 Å². The third-order valence-electron chi connectivity index (χ3n) is 4.10. The molecule has 3 heterocycles. The maximum atomic E-state index is 5.14. The highest BCUT2D eigenvalue weighted by molar-refractivity contribution is 4.97. The van der Waals surface area contributed by atoms with Crippen LogP contribution < -0.4 is 0 Å². The maximum absolute atomic E-state index is 5.14. The minimum atomic E-state index is 0.719. The number of hydrogen-bond acceptors (Lipinski definition) is 5. The van der Waals surface area contributed by atoms with Crippen LogP contribution in [0.1, 0.15) is 30.4 Å². The molecule has 2 aromatic heterocycles. The Kier molecular flexibility index (Phi) is 4.34. The fourth-order valence-corrected chi connectivity index (χ4v) is 3.06. The molecule has 3 rings (SSSR count). The van der Waals surface area contributed by atoms with Crippen LogP contribution in [0.25, 0.3) is 0 Å². The Morgan fingerprint density at radius 1 is 1.48 bits per heavy atom. The van der Waals surface area contributed by atoms with Crippen molar-refractivity contribution in [3.05, 3.63) is 29.9 Å². The summed E-state index contributed by atoms with van der Waals surface area (Å²) in [7, 11) is 2.20. The molecule has 0 fully saturated rings. The summed E-state index contributed by atoms with van der Waals surface area (Å²) in [5.41, 5.74) is 0. The van der Waals surface area contributed by atoms with Crippen molar-refractivity contribution >= 4 is 0 Å². The van der Waals surface area contributed by atoms with Crippen molar-refractivity contribution < 1.29 is 4.52 Å². The first-order chi connectivity index (χ1) is 10.2. The molecule has 0 spiro atoms. The van der Waals surface area contributed by atoms with Crippen molar-refractivity contribution in [2.45, 2.75) is 39.2 Å². The van der Waals surface area contributed by atoms with Gasteiger partial charge >= 0.3 is 0 Å². The highest BCUT2D eigenvalue weighted by Crippen LogP contribution is 2.19. The van der Waals surface area contributed by atoms with E-state index in [-0.39, 0.29) is 0 Å². The van der Waals surface area contributed by atoms with E-state index in [0.717, 1.165) is 56.5 Å². The predicted octanol–water partition coefficient (Wildman–Crippen LogP) is 1.70. The van der Waals surface area contributed by atoms with E-state index < -0.39 is 0 Å². The molecule has 0 aromatic carbocycles. The summed E-state index contributed by atoms with van der Waals surface area (Å²) >= 11 is 0. The first kappa shape index (κ1) is 14.3. The molecule has 2 aromatic rings. The molecule has 1 atom stereocenters. The molecular formula is C15H23N5O. The number of fused-ring (bicyclic) bond motifs is 1. The van der Waals surface area contributed by atoms with Crippen LogP contribution in [-0.2, 0) is 19.4 Å². The van der Waals surface area contributed by atoms with Gasteiger partial charge in [-0.05, 0) is 39.3 Å². The summed E-state index contributed by atoms with van der Waals surface area (Å²) in [4.78, 5) is 11.0. The van der Waals surface area contributed by atoms with Gasteiger partial charge in [0.15, 0.2) is 5.82 Å². The first-order valence-corrected chi connectivity index (χ1v) is 7.68. The van der Waals surface area contributed by atoms with Gasteiger partial charge < -0.3 is 14.0 Å². The fraction of sp³-hybridized carbons (Fsp3) is 0.667. The Bertz CT molecular complexity index is 576. The van der Waals surface area contributed by atoms with E-state index in [9.17, 15) is 0 Å². The van der Waals surface area contributed by atoms with Crippen molar-refractivity contribution in [1.82, 2.24) is 24.6 Å². The Morgan fingerprint density at radius 2 is 2.38 bits per heavy atom. The quantitative estimate of drug-likeness (QED) is 0.810. The van der Waals surface area contributed by atoms with Gasteiger partial charge in [-0.15, -0.1) is 0 Å². The molecule has 0 bridgehead atoms. The second-order valence-corrected chi connectivity index (χ2v) is 6.00. The molecule has 114 valence electrons. The zero-order chi connectivity index (χ0) is 14.7. The van der Waals surface area contributed by atoms with Crippen LogP contribution in [0.4, 0.5) is 0 Å². The lowest BCUT2D eigenvalue weighted by atomic mass is 9.99. The lowest BCUT2D eigenvalue weighted by Gasteiger charge is -2.28. The summed E-state index contributed by atoms with van der Waals surface area (Å²) in [5.74, 6) is 3.43. The molecule has 21 heavy (non-hydrogen) atoms. The van der Waals surface area contributed by atoms with E-state index in [1.54, 1.807) is 0 Å². The van der Waals surface area contributed by atoms with Crippen LogP contribution >= 0.6 is 0 Å². The number of aromatic nitrogens is 4. The van der Waals surface area contributed by atoms with E-state index in [2.05, 4.69) is 37.8 Å². The molecule has 0 N–H and O–H groups in total. The van der Waals surface area contributed by atoms with E-state index >= 15 is 0 Å². The van der Waals surface area contributed by atoms with E-state index in [1.165, 1.54) is 12.2 Å². The van der Waals surface area contributed by atoms with Crippen molar-refractivity contribution in [3.8, 4) is 0 Å². The van der Waals surface area contributed by atoms with Crippen LogP contribution in [-0.4, -0.2) is 44.7 Å². The zero-order valence-electron chi connectivity index (χ0n) is 12.8. The second-order valence-electron chi connectivity index (χ2n) is 6.00. The lowest BCUT2D eigenvalue weighted by Crippen LogP contribution is -2.32. The molecule has 0 saturated carbocycles. The van der Waals surface area contributed by atoms with Crippen LogP contribution in [0.5, 0.6) is 0 Å². The standard InChI is InChI=1S/C15H23N5O/c1-12-17-15(21-18-12)4-3-8-19(2)10-13-5-6-14-16-7-9-20(14)11-13/h7,9,13H,3-6,8,10-11H2,1-2H3. The molecular weight excluding hydrogens is 266 g/mol. The molecule has 1 aliphatic rings. The molecule has 0 saturated heterocycles. The summed E-state index contributed by atoms with van der Waals surface area (Å²) in [6, 6.07) is 0. The average molecular weight is 289 g/mol. The monoisotopic (exact) mass is 289 g/mol. The number of nitrogens with zero attached hydrogens (tertiary/aromatic N) is 5. The van der Waals surface area contributed by atoms with E-state index in [4.69, 9.17) is 4.52 Å². The van der Waals surface area contributed by atoms with Crippen LogP contribution in [0, 0.1) is 12.8 Å². The third-order valence-corrected chi connectivity index (χ3v) is 4.10. The summed E-state index contributed by atoms with van der Waals surface area (Å²) in [5, 5.41) is 3.82. The average Bonchev–Trinajstić information content (AvgIpc) is 3.07. The summed E-state index contributed by atoms with van der Waals surface area (Å²) in [6.45, 7) is 5.16. The van der Waals surface area contributed by atoms with Crippen molar-refractivity contribution in [2.75, 3.05) is 20.1 Å². The van der Waals surface area contributed by atoms with Crippen LogP contribution in [0.2, 0.25) is 0 Å². The fourth-order valence-electron chi connectivity index (χ4n) is 3.06. The van der Waals surface area contributed by atoms with Crippen LogP contribution in [0.15, 0.2) is 16.9 Å². The number of aryl methyl sites for hydroxylation is 3. The highest BCUT2D eigenvalue weighted by Gasteiger charge is 2.19. The van der Waals surface area contributed by atoms with E-state index in [1.807, 2.05) is 13.1 Å². The van der Waals surface area contributed by atoms with Crippen molar-refractivity contribution in [1.29, 1.82) is 0 Å². The highest BCUT2D eigenvalue weighted by atomic mass is 16.5. The summed E-state index contributed by atoms with van der Waals surface area (Å²) in [6.07, 6.45) is 8.27. The Labute approximate surface area is 125 Å². The van der Waals surface area contributed by atoms with Gasteiger partial charge in [0.05, 0.1) is 0 Å². The third kappa shape index (κ3) is 3.69. The van der Waals surface area contributed by atoms with Gasteiger partial charge in [0.1, 0.15) is 5.82 Å². The van der Waals surface area contributed by atoms with Gasteiger partial charge in [-0.25, -0.2) is 4.98 Å². The normalized spacial score (nSPS) is 18.1. The minimum Gasteiger partial charge on any atom is -0.339 e. The maximum Gasteiger partial charge on any atom is 0.226 e. The zero-order valence-corrected chi connectivity index (χ0v) is 12.8. The lowest BCUT2D eigenvalue weighted by molar-refractivity contribution is 0.230. The van der Waals surface area contributed by atoms with Gasteiger partial charge in [0, 0.05) is 38.3 Å². The predicted molar refractivity (Wildman–Crippen MR) is 78.9 cm³/mol. The van der Waals surface area contributed by atoms with Crippen LogP contribution in [0.3, 0.4) is 0 Å². The number of imidazole rings is 1. The number of rotatable bonds is 6. The molecule has 0 aliphatic carbocycles. The molecule has 6 nitrogen and oxygen atoms in total. The van der Waals surface area contributed by atoms with Gasteiger partial charge in [-0.1, -0.05) is 5.16 Å². The molecule has 0 radical (unpaired) electrons. The second kappa shape index (κ2) is 6.39. The molecule has 6 heteroatoms. The first-order valence-electron chi connectivity index (χ1n) is 7.68. The molecule has 0 amide bonds. The van der Waals surface area contributed by atoms with Gasteiger partial charge in [-0.3, -0.25) is 0 Å². The number of hydrogen-bond donors (Lipinski definition) is 0. The Morgan fingerprint density at radius 3 is 3.19 bits per heavy atom.